The predicted octanol–water partition coefficient (Wildman–Crippen LogP) is 5.69. The molecule has 0 aliphatic carbocycles. The van der Waals surface area contributed by atoms with Crippen LogP contribution in [0.5, 0.6) is 11.5 Å². The molecule has 0 saturated carbocycles. The lowest BCUT2D eigenvalue weighted by molar-refractivity contribution is -0.276. The van der Waals surface area contributed by atoms with Gasteiger partial charge >= 0.3 is 0 Å². The van der Waals surface area contributed by atoms with Crippen LogP contribution in [0.2, 0.25) is 0 Å². The summed E-state index contributed by atoms with van der Waals surface area (Å²) < 4.78 is 24.4. The minimum atomic E-state index is -0.599. The first-order chi connectivity index (χ1) is 21.9. The summed E-state index contributed by atoms with van der Waals surface area (Å²) in [5.41, 5.74) is 6.43. The Morgan fingerprint density at radius 1 is 0.978 bits per heavy atom. The number of nitrogens with zero attached hydrogens (tertiary/aromatic N) is 2. The predicted molar refractivity (Wildman–Crippen MR) is 170 cm³/mol. The van der Waals surface area contributed by atoms with Crippen LogP contribution in [-0.2, 0) is 29.0 Å². The number of pyridine rings is 1. The number of rotatable bonds is 9. The zero-order chi connectivity index (χ0) is 31.3. The third kappa shape index (κ3) is 6.87. The molecule has 4 unspecified atom stereocenters. The van der Waals surface area contributed by atoms with E-state index < -0.39 is 6.29 Å². The van der Waals surface area contributed by atoms with Gasteiger partial charge in [0.05, 0.1) is 38.6 Å². The molecule has 4 atom stereocenters. The molecule has 0 spiro atoms. The van der Waals surface area contributed by atoms with Gasteiger partial charge in [0, 0.05) is 49.2 Å². The number of benzene rings is 3. The Labute approximate surface area is 263 Å². The van der Waals surface area contributed by atoms with Crippen molar-refractivity contribution in [1.29, 1.82) is 0 Å². The minimum Gasteiger partial charge on any atom is -0.493 e. The van der Waals surface area contributed by atoms with Crippen LogP contribution in [0.4, 0.5) is 5.69 Å². The number of aromatic nitrogens is 1. The molecule has 2 N–H and O–H groups in total. The smallest absolute Gasteiger partial charge is 0.257 e. The SMILES string of the molecule is COc1cc2c(cc1OC)CN(CC1OC(c3ccc(NC(=O)c4cccnc4)cc3)OC(c3ccc(CO)cc3)C1C)CC2. The summed E-state index contributed by atoms with van der Waals surface area (Å²) >= 11 is 0. The summed E-state index contributed by atoms with van der Waals surface area (Å²) in [5, 5.41) is 12.5. The second kappa shape index (κ2) is 13.8. The quantitative estimate of drug-likeness (QED) is 0.250. The first kappa shape index (κ1) is 30.7. The third-order valence-corrected chi connectivity index (χ3v) is 8.72. The van der Waals surface area contributed by atoms with Crippen LogP contribution < -0.4 is 14.8 Å². The minimum absolute atomic E-state index is 0.00746. The molecule has 1 amide bonds. The van der Waals surface area contributed by atoms with Crippen molar-refractivity contribution in [2.24, 2.45) is 5.92 Å². The van der Waals surface area contributed by atoms with Crippen LogP contribution in [0.3, 0.4) is 0 Å². The van der Waals surface area contributed by atoms with Crippen molar-refractivity contribution in [3.63, 3.8) is 0 Å². The molecule has 9 nitrogen and oxygen atoms in total. The van der Waals surface area contributed by atoms with Gasteiger partial charge in [-0.1, -0.05) is 43.3 Å². The molecular formula is C36H39N3O6. The molecule has 1 saturated heterocycles. The number of fused-ring (bicyclic) bond motifs is 1. The number of carbonyl (C=O) groups excluding carboxylic acids is 1. The first-order valence-corrected chi connectivity index (χ1v) is 15.2. The van der Waals surface area contributed by atoms with Crippen molar-refractivity contribution in [2.45, 2.75) is 45.0 Å². The highest BCUT2D eigenvalue weighted by atomic mass is 16.7. The number of aliphatic hydroxyl groups is 1. The van der Waals surface area contributed by atoms with Crippen molar-refractivity contribution in [3.8, 4) is 11.5 Å². The van der Waals surface area contributed by atoms with Gasteiger partial charge in [0.25, 0.3) is 5.91 Å². The van der Waals surface area contributed by atoms with Crippen LogP contribution in [-0.4, -0.2) is 54.3 Å². The molecule has 1 aromatic heterocycles. The van der Waals surface area contributed by atoms with Crippen LogP contribution in [0.1, 0.15) is 57.5 Å². The van der Waals surface area contributed by atoms with E-state index in [9.17, 15) is 9.90 Å². The average Bonchev–Trinajstić information content (AvgIpc) is 3.09. The lowest BCUT2D eigenvalue weighted by Crippen LogP contribution is -2.45. The van der Waals surface area contributed by atoms with Gasteiger partial charge in [0.2, 0.25) is 0 Å². The Morgan fingerprint density at radius 3 is 2.36 bits per heavy atom. The van der Waals surface area contributed by atoms with E-state index >= 15 is 0 Å². The lowest BCUT2D eigenvalue weighted by atomic mass is 9.89. The van der Waals surface area contributed by atoms with E-state index in [0.717, 1.165) is 54.2 Å². The molecule has 0 bridgehead atoms. The summed E-state index contributed by atoms with van der Waals surface area (Å²) in [6, 6.07) is 23.1. The van der Waals surface area contributed by atoms with E-state index in [0.29, 0.717) is 11.3 Å². The molecule has 2 aliphatic heterocycles. The molecule has 3 heterocycles. The fourth-order valence-electron chi connectivity index (χ4n) is 6.10. The highest BCUT2D eigenvalue weighted by molar-refractivity contribution is 6.04. The molecule has 6 rings (SSSR count). The normalized spacial score (nSPS) is 21.5. The summed E-state index contributed by atoms with van der Waals surface area (Å²) in [6.45, 7) is 4.59. The van der Waals surface area contributed by atoms with E-state index in [2.05, 4.69) is 34.3 Å². The van der Waals surface area contributed by atoms with Gasteiger partial charge in [-0.3, -0.25) is 14.7 Å². The van der Waals surface area contributed by atoms with E-state index in [1.165, 1.54) is 17.3 Å². The van der Waals surface area contributed by atoms with Gasteiger partial charge in [-0.05, 0) is 65.1 Å². The monoisotopic (exact) mass is 609 g/mol. The molecule has 234 valence electrons. The zero-order valence-electron chi connectivity index (χ0n) is 25.8. The number of aliphatic hydroxyl groups excluding tert-OH is 1. The number of ether oxygens (including phenoxy) is 4. The first-order valence-electron chi connectivity index (χ1n) is 15.2. The highest BCUT2D eigenvalue weighted by Gasteiger charge is 2.39. The van der Waals surface area contributed by atoms with Gasteiger partial charge in [-0.2, -0.15) is 0 Å². The van der Waals surface area contributed by atoms with Gasteiger partial charge < -0.3 is 29.4 Å². The lowest BCUT2D eigenvalue weighted by Gasteiger charge is -2.43. The number of amides is 1. The number of nitrogens with one attached hydrogen (secondary N) is 1. The molecule has 2 aliphatic rings. The van der Waals surface area contributed by atoms with Crippen LogP contribution in [0.15, 0.2) is 85.2 Å². The largest absolute Gasteiger partial charge is 0.493 e. The van der Waals surface area contributed by atoms with Gasteiger partial charge in [-0.15, -0.1) is 0 Å². The third-order valence-electron chi connectivity index (χ3n) is 8.72. The van der Waals surface area contributed by atoms with Crippen LogP contribution in [0.25, 0.3) is 0 Å². The van der Waals surface area contributed by atoms with Crippen LogP contribution in [0, 0.1) is 5.92 Å². The van der Waals surface area contributed by atoms with E-state index in [1.54, 1.807) is 32.5 Å². The second-order valence-electron chi connectivity index (χ2n) is 11.6. The van der Waals surface area contributed by atoms with Crippen molar-refractivity contribution in [2.75, 3.05) is 32.6 Å². The number of anilines is 1. The highest BCUT2D eigenvalue weighted by Crippen LogP contribution is 2.42. The summed E-state index contributed by atoms with van der Waals surface area (Å²) in [5.74, 6) is 1.33. The maximum atomic E-state index is 12.6. The number of hydrogen-bond donors (Lipinski definition) is 2. The topological polar surface area (TPSA) is 102 Å². The Hall–Kier alpha value is -4.28. The Kier molecular flexibility index (Phi) is 9.42. The Balaban J connectivity index is 1.21. The van der Waals surface area contributed by atoms with Crippen LogP contribution >= 0.6 is 0 Å². The van der Waals surface area contributed by atoms with Gasteiger partial charge in [-0.25, -0.2) is 0 Å². The van der Waals surface area contributed by atoms with Gasteiger partial charge in [0.15, 0.2) is 17.8 Å². The number of carbonyl (C=O) groups is 1. The molecule has 4 aromatic rings. The summed E-state index contributed by atoms with van der Waals surface area (Å²) in [4.78, 5) is 19.1. The number of hydrogen-bond acceptors (Lipinski definition) is 8. The second-order valence-corrected chi connectivity index (χ2v) is 11.6. The average molecular weight is 610 g/mol. The Morgan fingerprint density at radius 2 is 1.69 bits per heavy atom. The van der Waals surface area contributed by atoms with Crippen molar-refractivity contribution < 1.29 is 28.8 Å². The molecule has 45 heavy (non-hydrogen) atoms. The van der Waals surface area contributed by atoms with E-state index in [1.807, 2.05) is 48.5 Å². The fourth-order valence-corrected chi connectivity index (χ4v) is 6.10. The maximum absolute atomic E-state index is 12.6. The summed E-state index contributed by atoms with van der Waals surface area (Å²) in [6.07, 6.45) is 3.16. The fraction of sp³-hybridized carbons (Fsp3) is 0.333. The molecular weight excluding hydrogens is 570 g/mol. The van der Waals surface area contributed by atoms with Crippen molar-refractivity contribution in [3.05, 3.63) is 119 Å². The van der Waals surface area contributed by atoms with Crippen molar-refractivity contribution >= 4 is 11.6 Å². The number of methoxy groups -OCH3 is 2. The zero-order valence-corrected chi connectivity index (χ0v) is 25.8. The molecule has 9 heteroatoms. The molecule has 3 aromatic carbocycles. The Bertz CT molecular complexity index is 1600. The van der Waals surface area contributed by atoms with Gasteiger partial charge in [0.1, 0.15) is 0 Å². The van der Waals surface area contributed by atoms with Crippen molar-refractivity contribution in [1.82, 2.24) is 9.88 Å². The van der Waals surface area contributed by atoms with E-state index in [4.69, 9.17) is 18.9 Å². The van der Waals surface area contributed by atoms with E-state index in [-0.39, 0.29) is 30.6 Å². The molecule has 1 fully saturated rings. The maximum Gasteiger partial charge on any atom is 0.257 e. The molecule has 0 radical (unpaired) electrons. The summed E-state index contributed by atoms with van der Waals surface area (Å²) in [7, 11) is 3.33. The standard InChI is InChI=1S/C36H39N3O6/c1-23-33(21-39-16-14-27-17-31(42-2)32(43-3)18-29(27)20-39)44-36(45-34(23)25-8-6-24(22-40)7-9-25)26-10-12-30(13-11-26)38-35(41)28-5-4-15-37-19-28/h4-13,15,17-19,23,33-34,36,40H,14,16,20-22H2,1-3H3,(H,38,41).